The second-order valence-corrected chi connectivity index (χ2v) is 6.71. The van der Waals surface area contributed by atoms with Crippen molar-refractivity contribution in [2.75, 3.05) is 26.2 Å². The molecular formula is C14H24N2. The molecule has 1 N–H and O–H groups in total. The van der Waals surface area contributed by atoms with Gasteiger partial charge in [-0.05, 0) is 62.4 Å². The normalized spacial score (nSPS) is 52.1. The molecule has 90 valence electrons. The monoisotopic (exact) mass is 220 g/mol. The number of hydrogen-bond acceptors (Lipinski definition) is 2. The van der Waals surface area contributed by atoms with Crippen LogP contribution in [-0.2, 0) is 0 Å². The second-order valence-electron chi connectivity index (χ2n) is 6.71. The first-order valence-electron chi connectivity index (χ1n) is 7.35. The Labute approximate surface area is 98.8 Å². The molecule has 0 radical (unpaired) electrons. The molecule has 2 saturated carbocycles. The van der Waals surface area contributed by atoms with E-state index in [1.165, 1.54) is 58.3 Å². The lowest BCUT2D eigenvalue weighted by atomic mass is 10.0. The van der Waals surface area contributed by atoms with E-state index in [9.17, 15) is 0 Å². The molecular weight excluding hydrogens is 196 g/mol. The third-order valence-corrected chi connectivity index (χ3v) is 5.90. The third kappa shape index (κ3) is 1.46. The summed E-state index contributed by atoms with van der Waals surface area (Å²) in [5, 5.41) is 3.56. The van der Waals surface area contributed by atoms with E-state index in [1.54, 1.807) is 0 Å². The molecule has 16 heavy (non-hydrogen) atoms. The summed E-state index contributed by atoms with van der Waals surface area (Å²) < 4.78 is 0. The van der Waals surface area contributed by atoms with Gasteiger partial charge in [0, 0.05) is 19.1 Å². The minimum absolute atomic E-state index is 0.961. The van der Waals surface area contributed by atoms with Crippen LogP contribution in [0.4, 0.5) is 0 Å². The molecule has 4 rings (SSSR count). The first-order chi connectivity index (χ1) is 7.90. The van der Waals surface area contributed by atoms with E-state index in [0.717, 1.165) is 29.7 Å². The fraction of sp³-hybridized carbons (Fsp3) is 1.00. The van der Waals surface area contributed by atoms with Gasteiger partial charge >= 0.3 is 0 Å². The summed E-state index contributed by atoms with van der Waals surface area (Å²) >= 11 is 0. The van der Waals surface area contributed by atoms with Gasteiger partial charge in [-0.1, -0.05) is 6.42 Å². The Hall–Kier alpha value is -0.0800. The summed E-state index contributed by atoms with van der Waals surface area (Å²) in [6.07, 6.45) is 7.57. The summed E-state index contributed by atoms with van der Waals surface area (Å²) in [4.78, 5) is 2.87. The number of likely N-dealkylation sites (tertiary alicyclic amines) is 1. The fourth-order valence-corrected chi connectivity index (χ4v) is 5.00. The average Bonchev–Trinajstić information content (AvgIpc) is 2.94. The van der Waals surface area contributed by atoms with Crippen molar-refractivity contribution in [3.8, 4) is 0 Å². The molecule has 0 spiro atoms. The van der Waals surface area contributed by atoms with Crippen molar-refractivity contribution in [2.24, 2.45) is 23.7 Å². The molecule has 0 amide bonds. The van der Waals surface area contributed by atoms with Crippen molar-refractivity contribution < 1.29 is 0 Å². The molecule has 0 aromatic heterocycles. The van der Waals surface area contributed by atoms with Crippen molar-refractivity contribution in [3.05, 3.63) is 0 Å². The molecule has 2 aliphatic heterocycles. The van der Waals surface area contributed by atoms with Gasteiger partial charge in [-0.25, -0.2) is 0 Å². The van der Waals surface area contributed by atoms with Gasteiger partial charge in [0.25, 0.3) is 0 Å². The summed E-state index contributed by atoms with van der Waals surface area (Å²) in [7, 11) is 0. The molecule has 2 heteroatoms. The molecule has 0 bridgehead atoms. The number of hydrogen-bond donors (Lipinski definition) is 1. The van der Waals surface area contributed by atoms with Crippen LogP contribution in [0.1, 0.15) is 32.1 Å². The zero-order chi connectivity index (χ0) is 10.5. The molecule has 2 saturated heterocycles. The van der Waals surface area contributed by atoms with Gasteiger partial charge in [0.15, 0.2) is 0 Å². The minimum Gasteiger partial charge on any atom is -0.316 e. The van der Waals surface area contributed by atoms with Gasteiger partial charge in [0.1, 0.15) is 0 Å². The van der Waals surface area contributed by atoms with Gasteiger partial charge in [-0.3, -0.25) is 4.90 Å². The van der Waals surface area contributed by atoms with Gasteiger partial charge in [-0.15, -0.1) is 0 Å². The maximum Gasteiger partial charge on any atom is 0.0102 e. The Morgan fingerprint density at radius 2 is 1.44 bits per heavy atom. The van der Waals surface area contributed by atoms with E-state index in [1.807, 2.05) is 0 Å². The topological polar surface area (TPSA) is 15.3 Å². The molecule has 2 aliphatic carbocycles. The third-order valence-electron chi connectivity index (χ3n) is 5.90. The van der Waals surface area contributed by atoms with Crippen molar-refractivity contribution >= 4 is 0 Å². The highest BCUT2D eigenvalue weighted by molar-refractivity contribution is 4.98. The van der Waals surface area contributed by atoms with Crippen LogP contribution < -0.4 is 5.32 Å². The molecule has 4 atom stereocenters. The van der Waals surface area contributed by atoms with E-state index >= 15 is 0 Å². The number of fused-ring (bicyclic) bond motifs is 2. The van der Waals surface area contributed by atoms with Gasteiger partial charge in [0.05, 0.1) is 0 Å². The lowest BCUT2D eigenvalue weighted by Gasteiger charge is -2.25. The number of nitrogens with zero attached hydrogens (tertiary/aromatic N) is 1. The molecule has 2 heterocycles. The lowest BCUT2D eigenvalue weighted by molar-refractivity contribution is 0.218. The minimum atomic E-state index is 0.961. The van der Waals surface area contributed by atoms with Crippen molar-refractivity contribution in [1.29, 1.82) is 0 Å². The Bertz CT molecular complexity index is 226. The molecule has 0 aromatic carbocycles. The van der Waals surface area contributed by atoms with E-state index < -0.39 is 0 Å². The van der Waals surface area contributed by atoms with Crippen LogP contribution in [0.25, 0.3) is 0 Å². The predicted molar refractivity (Wildman–Crippen MR) is 65.3 cm³/mol. The molecule has 0 aromatic rings. The summed E-state index contributed by atoms with van der Waals surface area (Å²) in [5.74, 6) is 4.20. The van der Waals surface area contributed by atoms with Crippen molar-refractivity contribution in [3.63, 3.8) is 0 Å². The quantitative estimate of drug-likeness (QED) is 0.724. The Morgan fingerprint density at radius 1 is 0.812 bits per heavy atom. The van der Waals surface area contributed by atoms with Crippen LogP contribution >= 0.6 is 0 Å². The van der Waals surface area contributed by atoms with Crippen LogP contribution in [0.5, 0.6) is 0 Å². The average molecular weight is 220 g/mol. The largest absolute Gasteiger partial charge is 0.316 e. The molecule has 4 fully saturated rings. The summed E-state index contributed by atoms with van der Waals surface area (Å²) in [6.45, 7) is 5.51. The van der Waals surface area contributed by atoms with Crippen LogP contribution in [0.3, 0.4) is 0 Å². The van der Waals surface area contributed by atoms with Crippen LogP contribution in [0.15, 0.2) is 0 Å². The zero-order valence-electron chi connectivity index (χ0n) is 10.2. The Morgan fingerprint density at radius 3 is 2.06 bits per heavy atom. The standard InChI is InChI=1S/C14H24N2/c1-2-10-8-16(9-11(10)3-1)14-4-12-6-15-7-13(12)5-14/h10-15H,1-9H2. The maximum absolute atomic E-state index is 3.56. The Balaban J connectivity index is 1.41. The number of nitrogens with one attached hydrogen (secondary N) is 1. The maximum atomic E-state index is 3.56. The first kappa shape index (κ1) is 9.90. The predicted octanol–water partition coefficient (Wildman–Crippen LogP) is 1.72. The Kier molecular flexibility index (Phi) is 2.29. The second kappa shape index (κ2) is 3.71. The summed E-state index contributed by atoms with van der Waals surface area (Å²) in [5.41, 5.74) is 0. The van der Waals surface area contributed by atoms with E-state index in [0.29, 0.717) is 0 Å². The fourth-order valence-electron chi connectivity index (χ4n) is 5.00. The summed E-state index contributed by atoms with van der Waals surface area (Å²) in [6, 6.07) is 0.961. The zero-order valence-corrected chi connectivity index (χ0v) is 10.2. The van der Waals surface area contributed by atoms with Crippen molar-refractivity contribution in [2.45, 2.75) is 38.1 Å². The molecule has 4 aliphatic rings. The first-order valence-corrected chi connectivity index (χ1v) is 7.35. The highest BCUT2D eigenvalue weighted by Gasteiger charge is 2.44. The molecule has 2 nitrogen and oxygen atoms in total. The van der Waals surface area contributed by atoms with Crippen LogP contribution in [0, 0.1) is 23.7 Å². The smallest absolute Gasteiger partial charge is 0.0102 e. The van der Waals surface area contributed by atoms with Crippen LogP contribution in [0.2, 0.25) is 0 Å². The van der Waals surface area contributed by atoms with E-state index in [4.69, 9.17) is 0 Å². The lowest BCUT2D eigenvalue weighted by Crippen LogP contribution is -2.33. The highest BCUT2D eigenvalue weighted by Crippen LogP contribution is 2.43. The van der Waals surface area contributed by atoms with Gasteiger partial charge in [0.2, 0.25) is 0 Å². The molecule has 4 unspecified atom stereocenters. The van der Waals surface area contributed by atoms with Gasteiger partial charge in [-0.2, -0.15) is 0 Å². The number of rotatable bonds is 1. The van der Waals surface area contributed by atoms with Crippen LogP contribution in [-0.4, -0.2) is 37.1 Å². The van der Waals surface area contributed by atoms with E-state index in [-0.39, 0.29) is 0 Å². The van der Waals surface area contributed by atoms with E-state index in [2.05, 4.69) is 10.2 Å². The van der Waals surface area contributed by atoms with Gasteiger partial charge < -0.3 is 5.32 Å². The highest BCUT2D eigenvalue weighted by atomic mass is 15.2. The SMILES string of the molecule is C1CC2CN(C3CC4CNCC4C3)CC2C1. The van der Waals surface area contributed by atoms with Crippen molar-refractivity contribution in [1.82, 2.24) is 10.2 Å².